The molecule has 2 aromatic rings. The molecule has 0 amide bonds. The fourth-order valence-electron chi connectivity index (χ4n) is 2.03. The minimum absolute atomic E-state index is 0.710. The van der Waals surface area contributed by atoms with E-state index in [1.807, 2.05) is 18.2 Å². The summed E-state index contributed by atoms with van der Waals surface area (Å²) in [6.07, 6.45) is 0. The summed E-state index contributed by atoms with van der Waals surface area (Å²) in [6.45, 7) is 2.34. The number of hydrogen-bond donors (Lipinski definition) is 1. The van der Waals surface area contributed by atoms with Crippen LogP contribution in [0.15, 0.2) is 30.3 Å². The summed E-state index contributed by atoms with van der Waals surface area (Å²) in [5, 5.41) is 6.12. The van der Waals surface area contributed by atoms with E-state index in [2.05, 4.69) is 17.4 Å². The smallest absolute Gasteiger partial charge is 0.126 e. The van der Waals surface area contributed by atoms with E-state index in [0.717, 1.165) is 34.6 Å². The maximum absolute atomic E-state index is 6.25. The van der Waals surface area contributed by atoms with Crippen molar-refractivity contribution in [2.75, 3.05) is 27.4 Å². The SMILES string of the molecule is COCCNCc1ccc2c(OC)ccc(Cl)c2c1. The van der Waals surface area contributed by atoms with Gasteiger partial charge in [-0.3, -0.25) is 0 Å². The molecule has 102 valence electrons. The molecule has 0 radical (unpaired) electrons. The molecule has 0 atom stereocenters. The van der Waals surface area contributed by atoms with Gasteiger partial charge in [0.05, 0.1) is 13.7 Å². The lowest BCUT2D eigenvalue weighted by Gasteiger charge is -2.09. The summed E-state index contributed by atoms with van der Waals surface area (Å²) < 4.78 is 10.3. The molecule has 19 heavy (non-hydrogen) atoms. The Morgan fingerprint density at radius 1 is 1.11 bits per heavy atom. The van der Waals surface area contributed by atoms with Crippen molar-refractivity contribution < 1.29 is 9.47 Å². The lowest BCUT2D eigenvalue weighted by atomic mass is 10.1. The normalized spacial score (nSPS) is 10.9. The van der Waals surface area contributed by atoms with Crippen molar-refractivity contribution in [3.05, 3.63) is 40.9 Å². The molecule has 2 aromatic carbocycles. The van der Waals surface area contributed by atoms with Gasteiger partial charge in [0.15, 0.2) is 0 Å². The number of halogens is 1. The lowest BCUT2D eigenvalue weighted by molar-refractivity contribution is 0.199. The van der Waals surface area contributed by atoms with Gasteiger partial charge in [-0.05, 0) is 23.8 Å². The number of ether oxygens (including phenoxy) is 2. The first-order chi connectivity index (χ1) is 9.26. The van der Waals surface area contributed by atoms with Crippen molar-refractivity contribution in [1.82, 2.24) is 5.32 Å². The van der Waals surface area contributed by atoms with Gasteiger partial charge in [-0.25, -0.2) is 0 Å². The van der Waals surface area contributed by atoms with E-state index in [1.54, 1.807) is 14.2 Å². The van der Waals surface area contributed by atoms with Gasteiger partial charge in [0.1, 0.15) is 5.75 Å². The third-order valence-electron chi connectivity index (χ3n) is 3.02. The minimum Gasteiger partial charge on any atom is -0.496 e. The van der Waals surface area contributed by atoms with Crippen LogP contribution in [0.4, 0.5) is 0 Å². The quantitative estimate of drug-likeness (QED) is 0.824. The topological polar surface area (TPSA) is 30.5 Å². The molecular weight excluding hydrogens is 262 g/mol. The molecule has 0 aromatic heterocycles. The summed E-state index contributed by atoms with van der Waals surface area (Å²) in [5.74, 6) is 0.846. The number of nitrogens with one attached hydrogen (secondary N) is 1. The number of benzene rings is 2. The molecule has 0 saturated carbocycles. The molecule has 1 N–H and O–H groups in total. The fraction of sp³-hybridized carbons (Fsp3) is 0.333. The van der Waals surface area contributed by atoms with Crippen LogP contribution in [-0.2, 0) is 11.3 Å². The molecule has 0 fully saturated rings. The van der Waals surface area contributed by atoms with Gasteiger partial charge in [0, 0.05) is 36.0 Å². The van der Waals surface area contributed by atoms with Crippen LogP contribution in [0.2, 0.25) is 5.02 Å². The van der Waals surface area contributed by atoms with Gasteiger partial charge < -0.3 is 14.8 Å². The Hall–Kier alpha value is -1.29. The van der Waals surface area contributed by atoms with Crippen molar-refractivity contribution in [1.29, 1.82) is 0 Å². The summed E-state index contributed by atoms with van der Waals surface area (Å²) in [4.78, 5) is 0. The highest BCUT2D eigenvalue weighted by Crippen LogP contribution is 2.31. The highest BCUT2D eigenvalue weighted by atomic mass is 35.5. The van der Waals surface area contributed by atoms with E-state index in [0.29, 0.717) is 6.61 Å². The average Bonchev–Trinajstić information content (AvgIpc) is 2.44. The lowest BCUT2D eigenvalue weighted by Crippen LogP contribution is -2.18. The molecule has 0 spiro atoms. The summed E-state index contributed by atoms with van der Waals surface area (Å²) in [6, 6.07) is 9.99. The molecular formula is C15H18ClNO2. The highest BCUT2D eigenvalue weighted by Gasteiger charge is 2.06. The predicted octanol–water partition coefficient (Wildman–Crippen LogP) is 3.24. The molecule has 3 nitrogen and oxygen atoms in total. The Labute approximate surface area is 118 Å². The van der Waals surface area contributed by atoms with Crippen molar-refractivity contribution >= 4 is 22.4 Å². The summed E-state index contributed by atoms with van der Waals surface area (Å²) in [7, 11) is 3.37. The summed E-state index contributed by atoms with van der Waals surface area (Å²) in [5.41, 5.74) is 1.19. The summed E-state index contributed by atoms with van der Waals surface area (Å²) >= 11 is 6.25. The van der Waals surface area contributed by atoms with Crippen molar-refractivity contribution in [3.8, 4) is 5.75 Å². The molecule has 0 aliphatic heterocycles. The van der Waals surface area contributed by atoms with Crippen molar-refractivity contribution in [3.63, 3.8) is 0 Å². The highest BCUT2D eigenvalue weighted by molar-refractivity contribution is 6.35. The number of fused-ring (bicyclic) bond motifs is 1. The molecule has 0 unspecified atom stereocenters. The van der Waals surface area contributed by atoms with E-state index in [9.17, 15) is 0 Å². The molecule has 0 saturated heterocycles. The van der Waals surface area contributed by atoms with Crippen LogP contribution in [0.3, 0.4) is 0 Å². The van der Waals surface area contributed by atoms with E-state index in [1.165, 1.54) is 5.56 Å². The van der Waals surface area contributed by atoms with E-state index in [4.69, 9.17) is 21.1 Å². The standard InChI is InChI=1S/C15H18ClNO2/c1-18-8-7-17-10-11-3-4-12-13(9-11)14(16)5-6-15(12)19-2/h3-6,9,17H,7-8,10H2,1-2H3. The number of methoxy groups -OCH3 is 2. The van der Waals surface area contributed by atoms with Crippen molar-refractivity contribution in [2.24, 2.45) is 0 Å². The Kier molecular flexibility index (Phi) is 5.02. The van der Waals surface area contributed by atoms with Gasteiger partial charge in [-0.1, -0.05) is 23.7 Å². The first kappa shape index (κ1) is 14.1. The second-order valence-electron chi connectivity index (χ2n) is 4.30. The van der Waals surface area contributed by atoms with Gasteiger partial charge >= 0.3 is 0 Å². The molecule has 2 rings (SSSR count). The fourth-order valence-corrected chi connectivity index (χ4v) is 2.25. The first-order valence-corrected chi connectivity index (χ1v) is 6.59. The van der Waals surface area contributed by atoms with Gasteiger partial charge in [-0.15, -0.1) is 0 Å². The van der Waals surface area contributed by atoms with Crippen LogP contribution in [0, 0.1) is 0 Å². The van der Waals surface area contributed by atoms with Crippen molar-refractivity contribution in [2.45, 2.75) is 6.54 Å². The third-order valence-corrected chi connectivity index (χ3v) is 3.35. The van der Waals surface area contributed by atoms with Crippen LogP contribution < -0.4 is 10.1 Å². The number of rotatable bonds is 6. The Morgan fingerprint density at radius 3 is 2.68 bits per heavy atom. The Balaban J connectivity index is 2.22. The third kappa shape index (κ3) is 3.38. The van der Waals surface area contributed by atoms with Crippen LogP contribution in [0.1, 0.15) is 5.56 Å². The molecule has 0 aliphatic rings. The minimum atomic E-state index is 0.710. The van der Waals surface area contributed by atoms with Crippen LogP contribution >= 0.6 is 11.6 Å². The second kappa shape index (κ2) is 6.75. The zero-order valence-electron chi connectivity index (χ0n) is 11.2. The van der Waals surface area contributed by atoms with Gasteiger partial charge in [0.2, 0.25) is 0 Å². The first-order valence-electron chi connectivity index (χ1n) is 6.21. The van der Waals surface area contributed by atoms with E-state index in [-0.39, 0.29) is 0 Å². The average molecular weight is 280 g/mol. The molecule has 0 heterocycles. The second-order valence-corrected chi connectivity index (χ2v) is 4.71. The van der Waals surface area contributed by atoms with Crippen LogP contribution in [0.25, 0.3) is 10.8 Å². The van der Waals surface area contributed by atoms with Crippen LogP contribution in [-0.4, -0.2) is 27.4 Å². The molecule has 4 heteroatoms. The molecule has 0 aliphatic carbocycles. The Bertz CT molecular complexity index is 557. The Morgan fingerprint density at radius 2 is 1.95 bits per heavy atom. The monoisotopic (exact) mass is 279 g/mol. The predicted molar refractivity (Wildman–Crippen MR) is 79.1 cm³/mol. The van der Waals surface area contributed by atoms with E-state index >= 15 is 0 Å². The maximum Gasteiger partial charge on any atom is 0.126 e. The van der Waals surface area contributed by atoms with Gasteiger partial charge in [0.25, 0.3) is 0 Å². The van der Waals surface area contributed by atoms with Gasteiger partial charge in [-0.2, -0.15) is 0 Å². The zero-order valence-corrected chi connectivity index (χ0v) is 12.0. The zero-order chi connectivity index (χ0) is 13.7. The number of hydrogen-bond acceptors (Lipinski definition) is 3. The largest absolute Gasteiger partial charge is 0.496 e. The van der Waals surface area contributed by atoms with E-state index < -0.39 is 0 Å². The van der Waals surface area contributed by atoms with Crippen LogP contribution in [0.5, 0.6) is 5.75 Å². The maximum atomic E-state index is 6.25. The molecule has 0 bridgehead atoms.